The third kappa shape index (κ3) is 4.92. The van der Waals surface area contributed by atoms with Gasteiger partial charge in [-0.1, -0.05) is 0 Å². The van der Waals surface area contributed by atoms with Gasteiger partial charge in [0.25, 0.3) is 5.91 Å². The number of nitrogens with zero attached hydrogens (tertiary/aromatic N) is 1. The van der Waals surface area contributed by atoms with E-state index in [2.05, 4.69) is 9.73 Å². The van der Waals surface area contributed by atoms with Gasteiger partial charge in [-0.15, -0.1) is 4.99 Å². The van der Waals surface area contributed by atoms with Gasteiger partial charge in [0, 0.05) is 0 Å². The number of carbonyl (C=O) groups excluding carboxylic acids is 2. The number of amides is 1. The Bertz CT molecular complexity index is 554. The van der Waals surface area contributed by atoms with Crippen LogP contribution in [0.25, 0.3) is 0 Å². The Morgan fingerprint density at radius 1 is 1.05 bits per heavy atom. The first-order chi connectivity index (χ1) is 9.54. The molecule has 114 valence electrons. The molecule has 0 saturated carbocycles. The first-order valence-electron chi connectivity index (χ1n) is 5.07. The number of ether oxygens (including phenoxy) is 1. The number of halogens is 6. The third-order valence-corrected chi connectivity index (χ3v) is 2.09. The van der Waals surface area contributed by atoms with Crippen LogP contribution in [0, 0.1) is 0 Å². The molecular formula is C11H5F6NO3. The number of carbonyl (C=O) groups is 1. The lowest BCUT2D eigenvalue weighted by Crippen LogP contribution is -2.13. The minimum Gasteiger partial charge on any atom is -0.484 e. The lowest BCUT2D eigenvalue weighted by molar-refractivity contribution is -0.143. The molecule has 0 heterocycles. The maximum absolute atomic E-state index is 12.5. The zero-order chi connectivity index (χ0) is 16.3. The summed E-state index contributed by atoms with van der Waals surface area (Å²) in [6.45, 7) is -0.992. The van der Waals surface area contributed by atoms with E-state index in [1.165, 1.54) is 0 Å². The predicted octanol–water partition coefficient (Wildman–Crippen LogP) is 2.97. The molecule has 0 unspecified atom stereocenters. The van der Waals surface area contributed by atoms with Crippen LogP contribution in [0.3, 0.4) is 0 Å². The molecule has 1 amide bonds. The highest BCUT2D eigenvalue weighted by Gasteiger charge is 2.37. The van der Waals surface area contributed by atoms with Crippen LogP contribution in [-0.2, 0) is 21.9 Å². The quantitative estimate of drug-likeness (QED) is 0.490. The Labute approximate surface area is 113 Å². The molecular weight excluding hydrogens is 308 g/mol. The van der Waals surface area contributed by atoms with E-state index in [0.717, 1.165) is 6.08 Å². The van der Waals surface area contributed by atoms with Crippen molar-refractivity contribution in [2.75, 3.05) is 6.61 Å². The summed E-state index contributed by atoms with van der Waals surface area (Å²) < 4.78 is 79.4. The molecule has 0 bridgehead atoms. The van der Waals surface area contributed by atoms with Gasteiger partial charge in [-0.05, 0) is 18.2 Å². The van der Waals surface area contributed by atoms with Crippen molar-refractivity contribution in [1.82, 2.24) is 0 Å². The average molecular weight is 313 g/mol. The first-order valence-corrected chi connectivity index (χ1v) is 5.07. The van der Waals surface area contributed by atoms with Gasteiger partial charge in [0.15, 0.2) is 6.61 Å². The number of rotatable bonds is 3. The molecule has 0 aliphatic rings. The fourth-order valence-electron chi connectivity index (χ4n) is 1.24. The molecule has 0 aliphatic heterocycles. The summed E-state index contributed by atoms with van der Waals surface area (Å²) in [4.78, 5) is 23.1. The van der Waals surface area contributed by atoms with E-state index in [4.69, 9.17) is 0 Å². The SMILES string of the molecule is O=C=NC(=O)COc1cc(C(F)(F)F)cc(C(F)(F)F)c1. The van der Waals surface area contributed by atoms with Crippen molar-refractivity contribution < 1.29 is 40.7 Å². The van der Waals surface area contributed by atoms with Crippen LogP contribution in [0.2, 0.25) is 0 Å². The molecule has 0 fully saturated rings. The maximum Gasteiger partial charge on any atom is 0.416 e. The smallest absolute Gasteiger partial charge is 0.416 e. The fraction of sp³-hybridized carbons (Fsp3) is 0.273. The minimum atomic E-state index is -5.02. The van der Waals surface area contributed by atoms with Gasteiger partial charge in [-0.25, -0.2) is 4.79 Å². The lowest BCUT2D eigenvalue weighted by Gasteiger charge is -2.14. The second-order valence-electron chi connectivity index (χ2n) is 3.63. The third-order valence-electron chi connectivity index (χ3n) is 2.09. The number of aliphatic imine (C=N–C) groups is 1. The van der Waals surface area contributed by atoms with Crippen LogP contribution in [0.15, 0.2) is 23.2 Å². The van der Waals surface area contributed by atoms with Crippen molar-refractivity contribution >= 4 is 12.0 Å². The summed E-state index contributed by atoms with van der Waals surface area (Å²) in [5, 5.41) is 0. The largest absolute Gasteiger partial charge is 0.484 e. The van der Waals surface area contributed by atoms with Crippen LogP contribution < -0.4 is 4.74 Å². The second-order valence-corrected chi connectivity index (χ2v) is 3.63. The number of isocyanates is 1. The van der Waals surface area contributed by atoms with Crippen molar-refractivity contribution in [2.45, 2.75) is 12.4 Å². The van der Waals surface area contributed by atoms with E-state index in [-0.39, 0.29) is 6.07 Å². The van der Waals surface area contributed by atoms with Crippen molar-refractivity contribution in [2.24, 2.45) is 4.99 Å². The van der Waals surface area contributed by atoms with Gasteiger partial charge >= 0.3 is 12.4 Å². The van der Waals surface area contributed by atoms with Gasteiger partial charge in [0.2, 0.25) is 6.08 Å². The van der Waals surface area contributed by atoms with Crippen molar-refractivity contribution in [3.05, 3.63) is 29.3 Å². The maximum atomic E-state index is 12.5. The zero-order valence-electron chi connectivity index (χ0n) is 9.88. The van der Waals surface area contributed by atoms with E-state index in [9.17, 15) is 35.9 Å². The molecule has 21 heavy (non-hydrogen) atoms. The second kappa shape index (κ2) is 5.96. The highest BCUT2D eigenvalue weighted by molar-refractivity contribution is 5.82. The van der Waals surface area contributed by atoms with E-state index < -0.39 is 41.7 Å². The molecule has 0 N–H and O–H groups in total. The summed E-state index contributed by atoms with van der Waals surface area (Å²) in [6.07, 6.45) is -9.19. The molecule has 0 aromatic heterocycles. The highest BCUT2D eigenvalue weighted by atomic mass is 19.4. The van der Waals surface area contributed by atoms with Crippen molar-refractivity contribution in [1.29, 1.82) is 0 Å². The lowest BCUT2D eigenvalue weighted by atomic mass is 10.1. The van der Waals surface area contributed by atoms with Crippen LogP contribution in [0.4, 0.5) is 26.3 Å². The van der Waals surface area contributed by atoms with E-state index in [1.807, 2.05) is 0 Å². The van der Waals surface area contributed by atoms with E-state index >= 15 is 0 Å². The summed E-state index contributed by atoms with van der Waals surface area (Å²) in [7, 11) is 0. The highest BCUT2D eigenvalue weighted by Crippen LogP contribution is 2.38. The van der Waals surface area contributed by atoms with Crippen molar-refractivity contribution in [3.8, 4) is 5.75 Å². The number of benzene rings is 1. The summed E-state index contributed by atoms with van der Waals surface area (Å²) >= 11 is 0. The molecule has 0 radical (unpaired) electrons. The Morgan fingerprint density at radius 2 is 1.52 bits per heavy atom. The van der Waals surface area contributed by atoms with Crippen molar-refractivity contribution in [3.63, 3.8) is 0 Å². The molecule has 4 nitrogen and oxygen atoms in total. The van der Waals surface area contributed by atoms with E-state index in [0.29, 0.717) is 12.1 Å². The molecule has 10 heteroatoms. The summed E-state index contributed by atoms with van der Waals surface area (Å²) in [5.74, 6) is -2.03. The molecule has 1 aromatic rings. The normalized spacial score (nSPS) is 11.7. The standard InChI is InChI=1S/C11H5F6NO3/c12-10(13,14)6-1-7(11(15,16)17)3-8(2-6)21-4-9(20)18-5-19/h1-3H,4H2. The molecule has 0 atom stereocenters. The van der Waals surface area contributed by atoms with Gasteiger partial charge in [-0.3, -0.25) is 4.79 Å². The van der Waals surface area contributed by atoms with Gasteiger partial charge in [-0.2, -0.15) is 26.3 Å². The summed E-state index contributed by atoms with van der Waals surface area (Å²) in [5.41, 5.74) is -3.17. The Balaban J connectivity index is 3.14. The van der Waals surface area contributed by atoms with E-state index in [1.54, 1.807) is 0 Å². The number of hydrogen-bond acceptors (Lipinski definition) is 3. The zero-order valence-corrected chi connectivity index (χ0v) is 9.88. The van der Waals surface area contributed by atoms with Crippen LogP contribution in [0.1, 0.15) is 11.1 Å². The monoisotopic (exact) mass is 313 g/mol. The minimum absolute atomic E-state index is 0.0851. The molecule has 1 aromatic carbocycles. The van der Waals surface area contributed by atoms with Crippen LogP contribution >= 0.6 is 0 Å². The number of hydrogen-bond donors (Lipinski definition) is 0. The van der Waals surface area contributed by atoms with Gasteiger partial charge in [0.05, 0.1) is 11.1 Å². The van der Waals surface area contributed by atoms with Crippen LogP contribution in [0.5, 0.6) is 5.75 Å². The molecule has 0 spiro atoms. The number of alkyl halides is 6. The Kier molecular flexibility index (Phi) is 4.74. The molecule has 0 aliphatic carbocycles. The Morgan fingerprint density at radius 3 is 1.90 bits per heavy atom. The van der Waals surface area contributed by atoms with Crippen LogP contribution in [-0.4, -0.2) is 18.6 Å². The fourth-order valence-corrected chi connectivity index (χ4v) is 1.24. The molecule has 1 rings (SSSR count). The first kappa shape index (κ1) is 16.7. The van der Waals surface area contributed by atoms with Gasteiger partial charge in [0.1, 0.15) is 5.75 Å². The summed E-state index contributed by atoms with van der Waals surface area (Å²) in [6, 6.07) is 0.512. The van der Waals surface area contributed by atoms with Gasteiger partial charge < -0.3 is 4.74 Å². The average Bonchev–Trinajstić information content (AvgIpc) is 2.34. The Hall–Kier alpha value is -2.35. The topological polar surface area (TPSA) is 55.7 Å². The predicted molar refractivity (Wildman–Crippen MR) is 55.1 cm³/mol. The molecule has 0 saturated heterocycles.